The Morgan fingerprint density at radius 3 is 2.77 bits per heavy atom. The first-order valence-electron chi connectivity index (χ1n) is 13.9. The highest BCUT2D eigenvalue weighted by molar-refractivity contribution is 6.12. The van der Waals surface area contributed by atoms with Gasteiger partial charge in [-0.2, -0.15) is 5.10 Å². The van der Waals surface area contributed by atoms with E-state index in [1.54, 1.807) is 18.6 Å². The Morgan fingerprint density at radius 2 is 1.93 bits per heavy atom. The molecule has 0 aliphatic carbocycles. The van der Waals surface area contributed by atoms with Crippen molar-refractivity contribution in [2.75, 3.05) is 37.6 Å². The summed E-state index contributed by atoms with van der Waals surface area (Å²) in [4.78, 5) is 26.6. The van der Waals surface area contributed by atoms with Crippen LogP contribution in [0.15, 0.2) is 64.3 Å². The molecule has 0 spiro atoms. The molecule has 0 amide bonds. The van der Waals surface area contributed by atoms with E-state index < -0.39 is 0 Å². The van der Waals surface area contributed by atoms with E-state index >= 15 is 4.39 Å². The lowest BCUT2D eigenvalue weighted by Crippen LogP contribution is -2.28. The number of hydrogen-bond donors (Lipinski definition) is 0. The lowest BCUT2D eigenvalue weighted by atomic mass is 10.1. The van der Waals surface area contributed by atoms with Gasteiger partial charge in [0, 0.05) is 55.7 Å². The molecule has 8 rings (SSSR count). The van der Waals surface area contributed by atoms with Crippen molar-refractivity contribution >= 4 is 44.2 Å². The molecule has 1 unspecified atom stereocenters. The lowest BCUT2D eigenvalue weighted by molar-refractivity contribution is 0.314. The summed E-state index contributed by atoms with van der Waals surface area (Å²) >= 11 is 0. The number of fused-ring (bicyclic) bond motifs is 4. The van der Waals surface area contributed by atoms with Gasteiger partial charge in [-0.1, -0.05) is 12.1 Å². The van der Waals surface area contributed by atoms with Gasteiger partial charge in [-0.25, -0.2) is 9.07 Å². The summed E-state index contributed by atoms with van der Waals surface area (Å²) in [5, 5.41) is 5.78. The number of halogens is 1. The van der Waals surface area contributed by atoms with Crippen LogP contribution >= 0.6 is 0 Å². The molecule has 10 heteroatoms. The van der Waals surface area contributed by atoms with E-state index in [4.69, 9.17) is 9.52 Å². The van der Waals surface area contributed by atoms with Gasteiger partial charge in [0.2, 0.25) is 0 Å². The smallest absolute Gasteiger partial charge is 0.277 e. The fourth-order valence-electron chi connectivity index (χ4n) is 6.55. The van der Waals surface area contributed by atoms with Gasteiger partial charge >= 0.3 is 0 Å². The molecule has 4 aromatic heterocycles. The van der Waals surface area contributed by atoms with Crippen LogP contribution in [0.3, 0.4) is 0 Å². The third-order valence-electron chi connectivity index (χ3n) is 8.55. The van der Waals surface area contributed by atoms with Crippen molar-refractivity contribution in [3.05, 3.63) is 77.0 Å². The Labute approximate surface area is 228 Å². The number of hydrogen-bond acceptors (Lipinski definition) is 7. The summed E-state index contributed by atoms with van der Waals surface area (Å²) in [7, 11) is 0. The van der Waals surface area contributed by atoms with E-state index in [0.717, 1.165) is 42.8 Å². The second-order valence-electron chi connectivity index (χ2n) is 10.9. The Bertz CT molecular complexity index is 1960. The average molecular weight is 538 g/mol. The minimum atomic E-state index is -0.389. The van der Waals surface area contributed by atoms with Crippen LogP contribution in [0.25, 0.3) is 38.5 Å². The van der Waals surface area contributed by atoms with Crippen LogP contribution in [0.1, 0.15) is 30.9 Å². The van der Waals surface area contributed by atoms with E-state index in [1.165, 1.54) is 23.6 Å². The van der Waals surface area contributed by atoms with Crippen LogP contribution in [0.2, 0.25) is 0 Å². The van der Waals surface area contributed by atoms with Crippen LogP contribution in [-0.4, -0.2) is 61.8 Å². The Kier molecular flexibility index (Phi) is 5.38. The maximum atomic E-state index is 16.2. The van der Waals surface area contributed by atoms with Crippen LogP contribution in [-0.2, 0) is 6.54 Å². The Balaban J connectivity index is 1.32. The van der Waals surface area contributed by atoms with Gasteiger partial charge in [-0.3, -0.25) is 14.8 Å². The van der Waals surface area contributed by atoms with E-state index in [9.17, 15) is 4.79 Å². The number of nitrogens with zero attached hydrogens (tertiary/aromatic N) is 7. The molecule has 2 aromatic carbocycles. The monoisotopic (exact) mass is 537 g/mol. The largest absolute Gasteiger partial charge is 0.451 e. The van der Waals surface area contributed by atoms with E-state index in [1.807, 2.05) is 39.8 Å². The van der Waals surface area contributed by atoms with Crippen molar-refractivity contribution in [2.45, 2.75) is 31.7 Å². The standard InChI is InChI=1S/C30H28FN7O2/c31-22-15-20-26-21(30(39)38(34-26)14-13-35-10-3-4-11-35)18-37-24-5-1-2-6-25(24)40-29(27(20)37)28(22)36-12-7-19(17-36)23-16-32-8-9-33-23/h1-2,5-6,8-9,15-16,18-19H,3-4,7,10-14,17H2. The predicted octanol–water partition coefficient (Wildman–Crippen LogP) is 4.57. The van der Waals surface area contributed by atoms with E-state index in [-0.39, 0.29) is 17.3 Å². The minimum absolute atomic E-state index is 0.149. The van der Waals surface area contributed by atoms with Crippen LogP contribution in [0.4, 0.5) is 10.1 Å². The van der Waals surface area contributed by atoms with Gasteiger partial charge in [0.25, 0.3) is 5.56 Å². The topological polar surface area (TPSA) is 84.7 Å². The van der Waals surface area contributed by atoms with Gasteiger partial charge in [-0.05, 0) is 50.6 Å². The number of para-hydroxylation sites is 2. The summed E-state index contributed by atoms with van der Waals surface area (Å²) in [5.41, 5.74) is 4.29. The number of pyridine rings is 1. The molecule has 6 heterocycles. The first-order valence-corrected chi connectivity index (χ1v) is 13.9. The molecular formula is C30H28FN7O2. The molecule has 0 bridgehead atoms. The van der Waals surface area contributed by atoms with Gasteiger partial charge in [0.1, 0.15) is 16.7 Å². The zero-order valence-electron chi connectivity index (χ0n) is 22.0. The van der Waals surface area contributed by atoms with Crippen molar-refractivity contribution in [1.82, 2.24) is 29.0 Å². The highest BCUT2D eigenvalue weighted by atomic mass is 19.1. The van der Waals surface area contributed by atoms with Gasteiger partial charge in [0.05, 0.1) is 23.1 Å². The van der Waals surface area contributed by atoms with Crippen LogP contribution in [0, 0.1) is 5.82 Å². The highest BCUT2D eigenvalue weighted by Gasteiger charge is 2.31. The molecule has 2 saturated heterocycles. The molecule has 202 valence electrons. The fourth-order valence-corrected chi connectivity index (χ4v) is 6.55. The quantitative estimate of drug-likeness (QED) is 0.235. The second-order valence-corrected chi connectivity index (χ2v) is 10.9. The van der Waals surface area contributed by atoms with Crippen LogP contribution in [0.5, 0.6) is 0 Å². The first kappa shape index (κ1) is 23.6. The minimum Gasteiger partial charge on any atom is -0.451 e. The van der Waals surface area contributed by atoms with Crippen molar-refractivity contribution in [2.24, 2.45) is 0 Å². The molecule has 2 fully saturated rings. The zero-order chi connectivity index (χ0) is 26.8. The molecule has 0 N–H and O–H groups in total. The normalized spacial score (nSPS) is 18.3. The van der Waals surface area contributed by atoms with Crippen molar-refractivity contribution in [1.29, 1.82) is 0 Å². The number of benzene rings is 2. The van der Waals surface area contributed by atoms with Gasteiger partial charge in [-0.15, -0.1) is 0 Å². The Morgan fingerprint density at radius 1 is 1.05 bits per heavy atom. The zero-order valence-corrected chi connectivity index (χ0v) is 22.0. The predicted molar refractivity (Wildman–Crippen MR) is 151 cm³/mol. The fraction of sp³-hybridized carbons (Fsp3) is 0.333. The van der Waals surface area contributed by atoms with E-state index in [2.05, 4.69) is 14.9 Å². The molecular weight excluding hydrogens is 509 g/mol. The number of aromatic nitrogens is 5. The molecule has 9 nitrogen and oxygen atoms in total. The number of anilines is 1. The Hall–Kier alpha value is -4.31. The number of rotatable bonds is 5. The SMILES string of the molecule is O=c1c2cn3c4ccccc4oc4c(N5CCC(c6cnccn6)C5)c(F)cc(c2nn1CCN1CCCC1)c43. The van der Waals surface area contributed by atoms with Crippen molar-refractivity contribution in [3.63, 3.8) is 0 Å². The lowest BCUT2D eigenvalue weighted by Gasteiger charge is -2.22. The summed E-state index contributed by atoms with van der Waals surface area (Å²) < 4.78 is 26.2. The first-order chi connectivity index (χ1) is 19.7. The average Bonchev–Trinajstić information content (AvgIpc) is 3.74. The van der Waals surface area contributed by atoms with Crippen molar-refractivity contribution in [3.8, 4) is 0 Å². The third-order valence-corrected chi connectivity index (χ3v) is 8.55. The highest BCUT2D eigenvalue weighted by Crippen LogP contribution is 2.41. The molecule has 2 aliphatic heterocycles. The number of likely N-dealkylation sites (tertiary alicyclic amines) is 1. The maximum absolute atomic E-state index is 16.2. The van der Waals surface area contributed by atoms with Crippen molar-refractivity contribution < 1.29 is 8.81 Å². The van der Waals surface area contributed by atoms with Crippen LogP contribution < -0.4 is 10.5 Å². The molecule has 40 heavy (non-hydrogen) atoms. The molecule has 0 saturated carbocycles. The third kappa shape index (κ3) is 3.62. The summed E-state index contributed by atoms with van der Waals surface area (Å²) in [6.45, 7) is 4.66. The summed E-state index contributed by atoms with van der Waals surface area (Å²) in [5.74, 6) is -0.240. The van der Waals surface area contributed by atoms with Gasteiger partial charge in [0.15, 0.2) is 17.0 Å². The van der Waals surface area contributed by atoms with Gasteiger partial charge < -0.3 is 18.6 Å². The molecule has 1 atom stereocenters. The molecule has 0 radical (unpaired) electrons. The summed E-state index contributed by atoms with van der Waals surface area (Å²) in [6, 6.07) is 9.19. The molecule has 6 aromatic rings. The molecule has 2 aliphatic rings. The second kappa shape index (κ2) is 9.12. The summed E-state index contributed by atoms with van der Waals surface area (Å²) in [6.07, 6.45) is 10.2. The maximum Gasteiger partial charge on any atom is 0.277 e. The van der Waals surface area contributed by atoms with E-state index in [0.29, 0.717) is 52.8 Å².